The molecule has 0 radical (unpaired) electrons. The number of nitrogens with one attached hydrogen (secondary N) is 2. The molecule has 0 aromatic carbocycles. The zero-order valence-electron chi connectivity index (χ0n) is 9.65. The van der Waals surface area contributed by atoms with Gasteiger partial charge in [-0.1, -0.05) is 0 Å². The summed E-state index contributed by atoms with van der Waals surface area (Å²) in [6, 6.07) is -1.02. The van der Waals surface area contributed by atoms with E-state index in [0.29, 0.717) is 13.2 Å². The van der Waals surface area contributed by atoms with Crippen molar-refractivity contribution in [1.29, 1.82) is 0 Å². The number of urea groups is 1. The first kappa shape index (κ1) is 12.2. The molecule has 3 N–H and O–H groups in total. The van der Waals surface area contributed by atoms with Crippen molar-refractivity contribution < 1.29 is 19.4 Å². The lowest BCUT2D eigenvalue weighted by molar-refractivity contribution is -0.139. The largest absolute Gasteiger partial charge is 0.480 e. The van der Waals surface area contributed by atoms with Crippen molar-refractivity contribution in [1.82, 2.24) is 10.6 Å². The van der Waals surface area contributed by atoms with Crippen molar-refractivity contribution in [3.8, 4) is 0 Å². The first-order valence-corrected chi connectivity index (χ1v) is 6.04. The quantitative estimate of drug-likeness (QED) is 0.663. The molecular formula is C11H18N2O4. The minimum absolute atomic E-state index is 0.0948. The van der Waals surface area contributed by atoms with Gasteiger partial charge in [-0.2, -0.15) is 0 Å². The average molecular weight is 242 g/mol. The molecule has 0 aromatic heterocycles. The Bertz CT molecular complexity index is 298. The second kappa shape index (κ2) is 5.35. The number of carbonyl (C=O) groups is 2. The third kappa shape index (κ3) is 3.59. The van der Waals surface area contributed by atoms with Gasteiger partial charge in [0.2, 0.25) is 0 Å². The van der Waals surface area contributed by atoms with Gasteiger partial charge in [0.05, 0.1) is 0 Å². The number of carboxylic acids is 1. The molecule has 17 heavy (non-hydrogen) atoms. The number of amides is 2. The first-order chi connectivity index (χ1) is 8.16. The Balaban J connectivity index is 1.76. The van der Waals surface area contributed by atoms with E-state index >= 15 is 0 Å². The van der Waals surface area contributed by atoms with Crippen LogP contribution in [0.4, 0.5) is 4.79 Å². The van der Waals surface area contributed by atoms with Gasteiger partial charge in [0.15, 0.2) is 0 Å². The fourth-order valence-corrected chi connectivity index (χ4v) is 2.02. The highest BCUT2D eigenvalue weighted by Gasteiger charge is 2.37. The number of rotatable bonds is 4. The molecule has 1 atom stereocenters. The van der Waals surface area contributed by atoms with E-state index in [0.717, 1.165) is 25.7 Å². The molecule has 0 bridgehead atoms. The summed E-state index contributed by atoms with van der Waals surface area (Å²) in [5.41, 5.74) is 0. The van der Waals surface area contributed by atoms with Crippen molar-refractivity contribution in [3.05, 3.63) is 0 Å². The van der Waals surface area contributed by atoms with E-state index in [2.05, 4.69) is 10.6 Å². The van der Waals surface area contributed by atoms with E-state index in [1.165, 1.54) is 0 Å². The Morgan fingerprint density at radius 1 is 1.18 bits per heavy atom. The topological polar surface area (TPSA) is 87.7 Å². The minimum Gasteiger partial charge on any atom is -0.480 e. The summed E-state index contributed by atoms with van der Waals surface area (Å²) >= 11 is 0. The zero-order valence-corrected chi connectivity index (χ0v) is 9.65. The maximum atomic E-state index is 11.6. The maximum absolute atomic E-state index is 11.6. The molecule has 2 fully saturated rings. The van der Waals surface area contributed by atoms with Crippen LogP contribution in [-0.2, 0) is 9.53 Å². The number of hydrogen-bond donors (Lipinski definition) is 3. The summed E-state index contributed by atoms with van der Waals surface area (Å²) in [5, 5.41) is 14.3. The highest BCUT2D eigenvalue weighted by Crippen LogP contribution is 2.32. The molecule has 1 saturated heterocycles. The normalized spacial score (nSPS) is 22.8. The lowest BCUT2D eigenvalue weighted by Gasteiger charge is -2.24. The molecule has 96 valence electrons. The molecule has 2 aliphatic rings. The fraction of sp³-hybridized carbons (Fsp3) is 0.818. The van der Waals surface area contributed by atoms with E-state index in [1.807, 2.05) is 0 Å². The van der Waals surface area contributed by atoms with Crippen LogP contribution in [0.2, 0.25) is 0 Å². The monoisotopic (exact) mass is 242 g/mol. The van der Waals surface area contributed by atoms with Gasteiger partial charge >= 0.3 is 12.0 Å². The number of carboxylic acid groups (broad SMARTS) is 1. The molecule has 0 spiro atoms. The van der Waals surface area contributed by atoms with Gasteiger partial charge in [0, 0.05) is 19.3 Å². The summed E-state index contributed by atoms with van der Waals surface area (Å²) in [7, 11) is 0. The molecule has 1 aliphatic carbocycles. The molecule has 1 aliphatic heterocycles. The number of aliphatic carboxylic acids is 1. The first-order valence-electron chi connectivity index (χ1n) is 6.04. The minimum atomic E-state index is -0.949. The Morgan fingerprint density at radius 2 is 1.82 bits per heavy atom. The molecule has 6 heteroatoms. The van der Waals surface area contributed by atoms with E-state index in [9.17, 15) is 9.59 Å². The molecule has 1 unspecified atom stereocenters. The van der Waals surface area contributed by atoms with Crippen LogP contribution in [0.1, 0.15) is 25.7 Å². The standard InChI is InChI=1S/C11H18N2O4/c14-10(15)9(7-1-2-7)13-11(16)12-8-3-5-17-6-4-8/h7-9H,1-6H2,(H,14,15)(H2,12,13,16). The molecule has 6 nitrogen and oxygen atoms in total. The summed E-state index contributed by atoms with van der Waals surface area (Å²) in [6.07, 6.45) is 3.34. The van der Waals surface area contributed by atoms with Gasteiger partial charge in [-0.25, -0.2) is 9.59 Å². The lowest BCUT2D eigenvalue weighted by Crippen LogP contribution is -2.50. The summed E-state index contributed by atoms with van der Waals surface area (Å²) in [6.45, 7) is 1.30. The summed E-state index contributed by atoms with van der Waals surface area (Å²) in [4.78, 5) is 22.6. The summed E-state index contributed by atoms with van der Waals surface area (Å²) < 4.78 is 5.18. The van der Waals surface area contributed by atoms with Crippen molar-refractivity contribution in [2.75, 3.05) is 13.2 Å². The fourth-order valence-electron chi connectivity index (χ4n) is 2.02. The number of ether oxygens (including phenoxy) is 1. The molecule has 1 heterocycles. The molecule has 1 saturated carbocycles. The van der Waals surface area contributed by atoms with E-state index < -0.39 is 12.0 Å². The van der Waals surface area contributed by atoms with Gasteiger partial charge in [0.1, 0.15) is 6.04 Å². The van der Waals surface area contributed by atoms with Crippen LogP contribution < -0.4 is 10.6 Å². The lowest BCUT2D eigenvalue weighted by atomic mass is 10.1. The third-order valence-corrected chi connectivity index (χ3v) is 3.20. The van der Waals surface area contributed by atoms with Crippen LogP contribution in [0.3, 0.4) is 0 Å². The van der Waals surface area contributed by atoms with Crippen LogP contribution in [0.5, 0.6) is 0 Å². The predicted octanol–water partition coefficient (Wildman–Crippen LogP) is 0.328. The highest BCUT2D eigenvalue weighted by molar-refractivity contribution is 5.83. The molecule has 2 amide bonds. The molecule has 0 aromatic rings. The van der Waals surface area contributed by atoms with Gasteiger partial charge < -0.3 is 20.5 Å². The van der Waals surface area contributed by atoms with E-state index in [-0.39, 0.29) is 18.0 Å². The Labute approximate surface area is 99.7 Å². The summed E-state index contributed by atoms with van der Waals surface area (Å²) in [5.74, 6) is -0.845. The predicted molar refractivity (Wildman–Crippen MR) is 59.7 cm³/mol. The van der Waals surface area contributed by atoms with Crippen LogP contribution in [0.25, 0.3) is 0 Å². The Morgan fingerprint density at radius 3 is 2.35 bits per heavy atom. The average Bonchev–Trinajstić information content (AvgIpc) is 3.11. The molecular weight excluding hydrogens is 224 g/mol. The van der Waals surface area contributed by atoms with Gasteiger partial charge in [-0.3, -0.25) is 0 Å². The zero-order chi connectivity index (χ0) is 12.3. The second-order valence-corrected chi connectivity index (χ2v) is 4.66. The van der Waals surface area contributed by atoms with Crippen LogP contribution in [-0.4, -0.2) is 42.4 Å². The Hall–Kier alpha value is -1.30. The van der Waals surface area contributed by atoms with Crippen LogP contribution >= 0.6 is 0 Å². The molecule has 2 rings (SSSR count). The smallest absolute Gasteiger partial charge is 0.326 e. The Kier molecular flexibility index (Phi) is 3.83. The van der Waals surface area contributed by atoms with Gasteiger partial charge in [-0.15, -0.1) is 0 Å². The van der Waals surface area contributed by atoms with E-state index in [4.69, 9.17) is 9.84 Å². The van der Waals surface area contributed by atoms with Crippen LogP contribution in [0, 0.1) is 5.92 Å². The van der Waals surface area contributed by atoms with E-state index in [1.54, 1.807) is 0 Å². The maximum Gasteiger partial charge on any atom is 0.326 e. The van der Waals surface area contributed by atoms with Gasteiger partial charge in [0.25, 0.3) is 0 Å². The SMILES string of the molecule is O=C(NC1CCOCC1)NC(C(=O)O)C1CC1. The van der Waals surface area contributed by atoms with Gasteiger partial charge in [-0.05, 0) is 31.6 Å². The van der Waals surface area contributed by atoms with Crippen molar-refractivity contribution in [3.63, 3.8) is 0 Å². The number of carbonyl (C=O) groups excluding carboxylic acids is 1. The van der Waals surface area contributed by atoms with Crippen LogP contribution in [0.15, 0.2) is 0 Å². The highest BCUT2D eigenvalue weighted by atomic mass is 16.5. The van der Waals surface area contributed by atoms with Crippen molar-refractivity contribution >= 4 is 12.0 Å². The van der Waals surface area contributed by atoms with Crippen molar-refractivity contribution in [2.45, 2.75) is 37.8 Å². The number of hydrogen-bond acceptors (Lipinski definition) is 3. The second-order valence-electron chi connectivity index (χ2n) is 4.66. The van der Waals surface area contributed by atoms with Crippen molar-refractivity contribution in [2.24, 2.45) is 5.92 Å². The third-order valence-electron chi connectivity index (χ3n) is 3.20.